The van der Waals surface area contributed by atoms with Crippen molar-refractivity contribution < 1.29 is 21.5 Å². The number of H-pyrrole nitrogens is 1. The fourth-order valence-electron chi connectivity index (χ4n) is 0.884. The van der Waals surface area contributed by atoms with Crippen molar-refractivity contribution in [2.75, 3.05) is 0 Å². The van der Waals surface area contributed by atoms with Gasteiger partial charge in [0.05, 0.1) is 6.20 Å². The van der Waals surface area contributed by atoms with Crippen LogP contribution < -0.4 is 27.3 Å². The zero-order valence-electron chi connectivity index (χ0n) is 6.42. The van der Waals surface area contributed by atoms with Gasteiger partial charge in [-0.25, -0.2) is 9.55 Å². The van der Waals surface area contributed by atoms with Crippen molar-refractivity contribution in [1.82, 2.24) is 4.98 Å². The standard InChI is InChI=1S/C7H11N3.BrH/c1-3-10-5-4-9-7(10)6(2)8;/h3-6H,1,8H2,2H3;1H. The van der Waals surface area contributed by atoms with Gasteiger partial charge in [-0.2, -0.15) is 0 Å². The lowest BCUT2D eigenvalue weighted by Crippen LogP contribution is -3.00. The molecule has 11 heavy (non-hydrogen) atoms. The van der Waals surface area contributed by atoms with Crippen molar-refractivity contribution in [3.63, 3.8) is 0 Å². The van der Waals surface area contributed by atoms with Gasteiger partial charge in [0.25, 0.3) is 5.82 Å². The average Bonchev–Trinajstić information content (AvgIpc) is 2.33. The van der Waals surface area contributed by atoms with Crippen LogP contribution >= 0.6 is 0 Å². The lowest BCUT2D eigenvalue weighted by atomic mass is 10.3. The zero-order valence-corrected chi connectivity index (χ0v) is 8.01. The predicted octanol–water partition coefficient (Wildman–Crippen LogP) is -2.57. The molecule has 0 radical (unpaired) electrons. The van der Waals surface area contributed by atoms with E-state index in [1.807, 2.05) is 23.9 Å². The largest absolute Gasteiger partial charge is 1.00 e. The van der Waals surface area contributed by atoms with Crippen LogP contribution in [-0.4, -0.2) is 4.98 Å². The monoisotopic (exact) mass is 217 g/mol. The van der Waals surface area contributed by atoms with Gasteiger partial charge in [-0.1, -0.05) is 6.58 Å². The van der Waals surface area contributed by atoms with Crippen molar-refractivity contribution in [1.29, 1.82) is 0 Å². The van der Waals surface area contributed by atoms with Crippen molar-refractivity contribution in [3.05, 3.63) is 24.8 Å². The zero-order chi connectivity index (χ0) is 7.56. The Hall–Kier alpha value is -0.610. The molecule has 0 aliphatic heterocycles. The van der Waals surface area contributed by atoms with Gasteiger partial charge in [0.15, 0.2) is 0 Å². The van der Waals surface area contributed by atoms with Gasteiger partial charge in [-0.15, -0.1) is 0 Å². The molecule has 0 saturated heterocycles. The molecular weight excluding hydrogens is 206 g/mol. The summed E-state index contributed by atoms with van der Waals surface area (Å²) >= 11 is 0. The van der Waals surface area contributed by atoms with E-state index in [0.29, 0.717) is 0 Å². The summed E-state index contributed by atoms with van der Waals surface area (Å²) in [5.74, 6) is 0.968. The Kier molecular flexibility index (Phi) is 4.07. The number of aromatic nitrogens is 2. The van der Waals surface area contributed by atoms with E-state index in [0.717, 1.165) is 5.82 Å². The highest BCUT2D eigenvalue weighted by atomic mass is 79.9. The van der Waals surface area contributed by atoms with Crippen LogP contribution in [0.1, 0.15) is 18.8 Å². The highest BCUT2D eigenvalue weighted by Gasteiger charge is 2.11. The van der Waals surface area contributed by atoms with Crippen LogP contribution in [0.25, 0.3) is 6.20 Å². The fraction of sp³-hybridized carbons (Fsp3) is 0.286. The minimum absolute atomic E-state index is 0. The van der Waals surface area contributed by atoms with Gasteiger partial charge < -0.3 is 22.7 Å². The van der Waals surface area contributed by atoms with E-state index >= 15 is 0 Å². The third-order valence-electron chi connectivity index (χ3n) is 1.37. The maximum absolute atomic E-state index is 5.63. The number of aromatic amines is 1. The highest BCUT2D eigenvalue weighted by molar-refractivity contribution is 4.99. The Bertz CT molecular complexity index is 229. The maximum atomic E-state index is 5.63. The van der Waals surface area contributed by atoms with Crippen LogP contribution in [-0.2, 0) is 0 Å². The first-order valence-electron chi connectivity index (χ1n) is 3.22. The molecule has 1 heterocycles. The number of nitrogens with zero attached hydrogens (tertiary/aromatic N) is 1. The average molecular weight is 218 g/mol. The molecule has 1 aromatic rings. The summed E-state index contributed by atoms with van der Waals surface area (Å²) in [5, 5.41) is 0. The molecule has 1 rings (SSSR count). The molecule has 0 fully saturated rings. The number of nitrogens with two attached hydrogens (primary N) is 1. The molecule has 0 saturated carbocycles. The molecule has 62 valence electrons. The number of nitrogens with one attached hydrogen (secondary N) is 1. The van der Waals surface area contributed by atoms with Crippen molar-refractivity contribution in [2.45, 2.75) is 13.0 Å². The van der Waals surface area contributed by atoms with Crippen LogP contribution in [0, 0.1) is 0 Å². The second-order valence-electron chi connectivity index (χ2n) is 2.22. The molecule has 3 nitrogen and oxygen atoms in total. The Morgan fingerprint density at radius 1 is 1.82 bits per heavy atom. The van der Waals surface area contributed by atoms with E-state index in [9.17, 15) is 0 Å². The number of hydrogen-bond acceptors (Lipinski definition) is 1. The molecule has 0 aliphatic rings. The molecule has 0 spiro atoms. The lowest BCUT2D eigenvalue weighted by molar-refractivity contribution is -0.577. The minimum Gasteiger partial charge on any atom is -1.00 e. The Morgan fingerprint density at radius 3 is 2.82 bits per heavy atom. The third-order valence-corrected chi connectivity index (χ3v) is 1.37. The predicted molar refractivity (Wildman–Crippen MR) is 40.0 cm³/mol. The molecule has 4 heteroatoms. The van der Waals surface area contributed by atoms with E-state index < -0.39 is 0 Å². The van der Waals surface area contributed by atoms with E-state index in [2.05, 4.69) is 11.6 Å². The van der Waals surface area contributed by atoms with Gasteiger partial charge in [0, 0.05) is 0 Å². The number of rotatable bonds is 2. The number of halogens is 1. The third kappa shape index (κ3) is 2.17. The number of hydrogen-bond donors (Lipinski definition) is 2. The van der Waals surface area contributed by atoms with Crippen molar-refractivity contribution in [3.8, 4) is 0 Å². The van der Waals surface area contributed by atoms with Gasteiger partial charge in [-0.05, 0) is 6.92 Å². The molecule has 3 N–H and O–H groups in total. The SMILES string of the molecule is C=C[n+]1cc[nH]c1C(C)N.[Br-]. The molecule has 0 aliphatic carbocycles. The normalized spacial score (nSPS) is 11.8. The summed E-state index contributed by atoms with van der Waals surface area (Å²) in [6, 6.07) is 0.0213. The smallest absolute Gasteiger partial charge is 0.275 e. The Labute approximate surface area is 76.7 Å². The molecule has 0 bridgehead atoms. The van der Waals surface area contributed by atoms with Gasteiger partial charge in [0.2, 0.25) is 0 Å². The first kappa shape index (κ1) is 10.4. The van der Waals surface area contributed by atoms with Crippen molar-refractivity contribution in [2.24, 2.45) is 5.73 Å². The fourth-order valence-corrected chi connectivity index (χ4v) is 0.884. The van der Waals surface area contributed by atoms with Gasteiger partial charge >= 0.3 is 0 Å². The topological polar surface area (TPSA) is 45.7 Å². The second-order valence-corrected chi connectivity index (χ2v) is 2.22. The summed E-state index contributed by atoms with van der Waals surface area (Å²) in [7, 11) is 0. The van der Waals surface area contributed by atoms with Crippen LogP contribution in [0.15, 0.2) is 19.0 Å². The summed E-state index contributed by atoms with van der Waals surface area (Å²) in [6.45, 7) is 5.56. The molecule has 1 aromatic heterocycles. The Balaban J connectivity index is 0.000001000. The second kappa shape index (κ2) is 4.31. The maximum Gasteiger partial charge on any atom is 0.275 e. The van der Waals surface area contributed by atoms with E-state index in [1.54, 1.807) is 6.20 Å². The van der Waals surface area contributed by atoms with Crippen LogP contribution in [0.3, 0.4) is 0 Å². The summed E-state index contributed by atoms with van der Waals surface area (Å²) < 4.78 is 1.87. The van der Waals surface area contributed by atoms with Crippen molar-refractivity contribution >= 4 is 6.20 Å². The molecule has 0 amide bonds. The highest BCUT2D eigenvalue weighted by Crippen LogP contribution is 1.97. The van der Waals surface area contributed by atoms with Crippen LogP contribution in [0.4, 0.5) is 0 Å². The van der Waals surface area contributed by atoms with Gasteiger partial charge in [0.1, 0.15) is 18.4 Å². The quantitative estimate of drug-likeness (QED) is 0.526. The summed E-state index contributed by atoms with van der Waals surface area (Å²) in [4.78, 5) is 3.02. The van der Waals surface area contributed by atoms with E-state index in [-0.39, 0.29) is 23.0 Å². The lowest BCUT2D eigenvalue weighted by Gasteiger charge is -1.96. The minimum atomic E-state index is 0. The van der Waals surface area contributed by atoms with Gasteiger partial charge in [-0.3, -0.25) is 0 Å². The first-order chi connectivity index (χ1) is 4.75. The summed E-state index contributed by atoms with van der Waals surface area (Å²) in [5.41, 5.74) is 5.63. The molecule has 1 atom stereocenters. The molecular formula is C7H12BrN3. The first-order valence-corrected chi connectivity index (χ1v) is 3.22. The van der Waals surface area contributed by atoms with Crippen LogP contribution in [0.2, 0.25) is 0 Å². The summed E-state index contributed by atoms with van der Waals surface area (Å²) in [6.07, 6.45) is 5.43. The number of imidazole rings is 1. The van der Waals surface area contributed by atoms with Crippen LogP contribution in [0.5, 0.6) is 0 Å². The molecule has 1 unspecified atom stereocenters. The van der Waals surface area contributed by atoms with E-state index in [4.69, 9.17) is 5.73 Å². The molecule has 0 aromatic carbocycles. The Morgan fingerprint density at radius 2 is 2.45 bits per heavy atom. The van der Waals surface area contributed by atoms with E-state index in [1.165, 1.54) is 0 Å².